The van der Waals surface area contributed by atoms with Gasteiger partial charge in [-0.15, -0.1) is 11.3 Å². The number of hydrogen-bond donors (Lipinski definition) is 2. The normalized spacial score (nSPS) is 12.2. The summed E-state index contributed by atoms with van der Waals surface area (Å²) in [6.45, 7) is 0.276. The average molecular weight is 297 g/mol. The Kier molecular flexibility index (Phi) is 3.94. The molecule has 1 atom stereocenters. The van der Waals surface area contributed by atoms with Gasteiger partial charge in [0.2, 0.25) is 5.91 Å². The molecule has 0 fully saturated rings. The maximum Gasteiger partial charge on any atom is 0.233 e. The minimum atomic E-state index is -0.344. The fourth-order valence-electron chi connectivity index (χ4n) is 2.24. The lowest BCUT2D eigenvalue weighted by Crippen LogP contribution is -2.27. The lowest BCUT2D eigenvalue weighted by molar-refractivity contribution is -0.117. The van der Waals surface area contributed by atoms with Gasteiger partial charge in [0, 0.05) is 12.2 Å². The Hall–Kier alpha value is -2.24. The molecule has 1 aromatic heterocycles. The number of hydrogen-bond acceptors (Lipinski definition) is 4. The molecule has 2 aromatic carbocycles. The zero-order chi connectivity index (χ0) is 14.7. The minimum absolute atomic E-state index is 0.0902. The molecular weight excluding hydrogens is 282 g/mol. The first-order valence-corrected chi connectivity index (χ1v) is 7.55. The molecule has 106 valence electrons. The highest BCUT2D eigenvalue weighted by molar-refractivity contribution is 7.16. The van der Waals surface area contributed by atoms with Gasteiger partial charge in [0.1, 0.15) is 0 Å². The highest BCUT2D eigenvalue weighted by atomic mass is 32.1. The van der Waals surface area contributed by atoms with Gasteiger partial charge in [-0.2, -0.15) is 0 Å². The molecule has 21 heavy (non-hydrogen) atoms. The molecule has 0 aliphatic carbocycles. The highest BCUT2D eigenvalue weighted by Gasteiger charge is 2.18. The second-order valence-electron chi connectivity index (χ2n) is 4.72. The van der Waals surface area contributed by atoms with E-state index in [1.54, 1.807) is 16.8 Å². The molecule has 3 N–H and O–H groups in total. The Morgan fingerprint density at radius 2 is 2.05 bits per heavy atom. The summed E-state index contributed by atoms with van der Waals surface area (Å²) >= 11 is 1.55. The number of nitrogens with two attached hydrogens (primary N) is 1. The van der Waals surface area contributed by atoms with Crippen molar-refractivity contribution in [3.8, 4) is 0 Å². The van der Waals surface area contributed by atoms with Gasteiger partial charge >= 0.3 is 0 Å². The molecule has 1 heterocycles. The molecule has 3 rings (SSSR count). The standard InChI is InChI=1S/C16H15N3OS/c17-9-13(11-4-2-1-3-5-11)16(20)19-12-6-7-14-15(8-12)21-10-18-14/h1-8,10,13H,9,17H2,(H,19,20). The average Bonchev–Trinajstić information content (AvgIpc) is 2.96. The number of anilines is 1. The number of benzene rings is 2. The Bertz CT molecular complexity index is 754. The highest BCUT2D eigenvalue weighted by Crippen LogP contribution is 2.23. The van der Waals surface area contributed by atoms with E-state index in [0.29, 0.717) is 0 Å². The second kappa shape index (κ2) is 6.03. The largest absolute Gasteiger partial charge is 0.329 e. The fourth-order valence-corrected chi connectivity index (χ4v) is 2.96. The molecule has 0 saturated heterocycles. The zero-order valence-corrected chi connectivity index (χ0v) is 12.1. The minimum Gasteiger partial charge on any atom is -0.329 e. The molecular formula is C16H15N3OS. The summed E-state index contributed by atoms with van der Waals surface area (Å²) in [5.41, 5.74) is 10.2. The summed E-state index contributed by atoms with van der Waals surface area (Å²) in [5.74, 6) is -0.434. The number of nitrogens with zero attached hydrogens (tertiary/aromatic N) is 1. The maximum absolute atomic E-state index is 12.4. The smallest absolute Gasteiger partial charge is 0.233 e. The molecule has 0 radical (unpaired) electrons. The second-order valence-corrected chi connectivity index (χ2v) is 5.61. The molecule has 3 aromatic rings. The van der Waals surface area contributed by atoms with Gasteiger partial charge in [0.25, 0.3) is 0 Å². The third-order valence-corrected chi connectivity index (χ3v) is 4.14. The number of thiazole rings is 1. The van der Waals surface area contributed by atoms with Crippen LogP contribution in [0.2, 0.25) is 0 Å². The first-order valence-electron chi connectivity index (χ1n) is 6.67. The number of carbonyl (C=O) groups excluding carboxylic acids is 1. The summed E-state index contributed by atoms with van der Waals surface area (Å²) in [6.07, 6.45) is 0. The number of nitrogens with one attached hydrogen (secondary N) is 1. The lowest BCUT2D eigenvalue weighted by atomic mass is 9.98. The number of aromatic nitrogens is 1. The van der Waals surface area contributed by atoms with Crippen LogP contribution in [0, 0.1) is 0 Å². The predicted molar refractivity (Wildman–Crippen MR) is 86.5 cm³/mol. The molecule has 0 aliphatic heterocycles. The first-order chi connectivity index (χ1) is 10.3. The molecule has 5 heteroatoms. The van der Waals surface area contributed by atoms with Crippen molar-refractivity contribution in [1.82, 2.24) is 4.98 Å². The Balaban J connectivity index is 1.81. The Labute approximate surface area is 126 Å². The van der Waals surface area contributed by atoms with Crippen LogP contribution in [-0.2, 0) is 4.79 Å². The summed E-state index contributed by atoms with van der Waals surface area (Å²) in [6, 6.07) is 15.3. The van der Waals surface area contributed by atoms with Gasteiger partial charge in [0.05, 0.1) is 21.6 Å². The third kappa shape index (κ3) is 2.94. The summed E-state index contributed by atoms with van der Waals surface area (Å²) < 4.78 is 1.05. The van der Waals surface area contributed by atoms with Crippen LogP contribution in [0.5, 0.6) is 0 Å². The maximum atomic E-state index is 12.4. The van der Waals surface area contributed by atoms with E-state index in [9.17, 15) is 4.79 Å². The van der Waals surface area contributed by atoms with Gasteiger partial charge in [-0.3, -0.25) is 4.79 Å². The van der Waals surface area contributed by atoms with Crippen LogP contribution in [0.15, 0.2) is 54.0 Å². The SMILES string of the molecule is NCC(C(=O)Nc1ccc2ncsc2c1)c1ccccc1. The van der Waals surface area contributed by atoms with Gasteiger partial charge < -0.3 is 11.1 Å². The first kappa shape index (κ1) is 13.7. The van der Waals surface area contributed by atoms with E-state index in [1.807, 2.05) is 48.5 Å². The van der Waals surface area contributed by atoms with E-state index in [4.69, 9.17) is 5.73 Å². The van der Waals surface area contributed by atoms with Crippen molar-refractivity contribution in [1.29, 1.82) is 0 Å². The van der Waals surface area contributed by atoms with Crippen molar-refractivity contribution in [2.24, 2.45) is 5.73 Å². The van der Waals surface area contributed by atoms with E-state index in [2.05, 4.69) is 10.3 Å². The van der Waals surface area contributed by atoms with Crippen molar-refractivity contribution < 1.29 is 4.79 Å². The summed E-state index contributed by atoms with van der Waals surface area (Å²) in [7, 11) is 0. The van der Waals surface area contributed by atoms with Crippen molar-refractivity contribution in [2.45, 2.75) is 5.92 Å². The molecule has 0 aliphatic rings. The number of rotatable bonds is 4. The van der Waals surface area contributed by atoms with Crippen molar-refractivity contribution >= 4 is 33.1 Å². The molecule has 0 spiro atoms. The molecule has 1 unspecified atom stereocenters. The van der Waals surface area contributed by atoms with Crippen molar-refractivity contribution in [2.75, 3.05) is 11.9 Å². The number of fused-ring (bicyclic) bond motifs is 1. The van der Waals surface area contributed by atoms with Gasteiger partial charge in [0.15, 0.2) is 0 Å². The Morgan fingerprint density at radius 3 is 2.81 bits per heavy atom. The predicted octanol–water partition coefficient (Wildman–Crippen LogP) is 2.98. The number of amides is 1. The van der Waals surface area contributed by atoms with E-state index in [-0.39, 0.29) is 18.4 Å². The van der Waals surface area contributed by atoms with Crippen molar-refractivity contribution in [3.05, 3.63) is 59.6 Å². The van der Waals surface area contributed by atoms with E-state index in [0.717, 1.165) is 21.5 Å². The quantitative estimate of drug-likeness (QED) is 0.778. The van der Waals surface area contributed by atoms with Crippen LogP contribution in [-0.4, -0.2) is 17.4 Å². The summed E-state index contributed by atoms with van der Waals surface area (Å²) in [5, 5.41) is 2.93. The lowest BCUT2D eigenvalue weighted by Gasteiger charge is -2.15. The van der Waals surface area contributed by atoms with E-state index in [1.165, 1.54) is 0 Å². The molecule has 0 bridgehead atoms. The molecule has 4 nitrogen and oxygen atoms in total. The van der Waals surface area contributed by atoms with Crippen LogP contribution < -0.4 is 11.1 Å². The van der Waals surface area contributed by atoms with Crippen LogP contribution in [0.3, 0.4) is 0 Å². The summed E-state index contributed by atoms with van der Waals surface area (Å²) in [4.78, 5) is 16.6. The molecule has 0 saturated carbocycles. The zero-order valence-electron chi connectivity index (χ0n) is 11.3. The van der Waals surface area contributed by atoms with Gasteiger partial charge in [-0.1, -0.05) is 30.3 Å². The third-order valence-electron chi connectivity index (χ3n) is 3.35. The topological polar surface area (TPSA) is 68.0 Å². The van der Waals surface area contributed by atoms with E-state index >= 15 is 0 Å². The van der Waals surface area contributed by atoms with Crippen LogP contribution >= 0.6 is 11.3 Å². The van der Waals surface area contributed by atoms with Crippen LogP contribution in [0.4, 0.5) is 5.69 Å². The van der Waals surface area contributed by atoms with Crippen LogP contribution in [0.1, 0.15) is 11.5 Å². The monoisotopic (exact) mass is 297 g/mol. The van der Waals surface area contributed by atoms with Crippen LogP contribution in [0.25, 0.3) is 10.2 Å². The van der Waals surface area contributed by atoms with Gasteiger partial charge in [-0.05, 0) is 23.8 Å². The molecule has 1 amide bonds. The number of carbonyl (C=O) groups is 1. The van der Waals surface area contributed by atoms with E-state index < -0.39 is 0 Å². The van der Waals surface area contributed by atoms with Crippen molar-refractivity contribution in [3.63, 3.8) is 0 Å². The fraction of sp³-hybridized carbons (Fsp3) is 0.125. The van der Waals surface area contributed by atoms with Gasteiger partial charge in [-0.25, -0.2) is 4.98 Å². The Morgan fingerprint density at radius 1 is 1.24 bits per heavy atom.